The summed E-state index contributed by atoms with van der Waals surface area (Å²) in [4.78, 5) is 6.40. The summed E-state index contributed by atoms with van der Waals surface area (Å²) in [6.07, 6.45) is 1.23. The summed E-state index contributed by atoms with van der Waals surface area (Å²) in [6.45, 7) is 8.17. The molecule has 2 nitrogen and oxygen atoms in total. The van der Waals surface area contributed by atoms with E-state index in [0.717, 1.165) is 18.8 Å². The molecule has 0 bridgehead atoms. The number of aromatic nitrogens is 1. The number of halogens is 1. The Hall–Kier alpha value is -1.12. The van der Waals surface area contributed by atoms with Crippen LogP contribution < -0.4 is 4.90 Å². The zero-order valence-corrected chi connectivity index (χ0v) is 10.2. The first-order valence-corrected chi connectivity index (χ1v) is 5.94. The quantitative estimate of drug-likeness (QED) is 0.726. The van der Waals surface area contributed by atoms with Crippen LogP contribution in [0, 0.1) is 24.6 Å². The fourth-order valence-corrected chi connectivity index (χ4v) is 2.58. The van der Waals surface area contributed by atoms with Gasteiger partial charge >= 0.3 is 0 Å². The predicted octanol–water partition coefficient (Wildman–Crippen LogP) is 3.01. The molecule has 1 saturated heterocycles. The van der Waals surface area contributed by atoms with Crippen molar-refractivity contribution < 1.29 is 4.39 Å². The molecule has 2 heterocycles. The molecule has 3 heteroatoms. The summed E-state index contributed by atoms with van der Waals surface area (Å²) in [6, 6.07) is 3.23. The van der Waals surface area contributed by atoms with Crippen LogP contribution >= 0.6 is 0 Å². The largest absolute Gasteiger partial charge is 0.354 e. The van der Waals surface area contributed by atoms with E-state index in [4.69, 9.17) is 0 Å². The molecule has 0 radical (unpaired) electrons. The van der Waals surface area contributed by atoms with Crippen LogP contribution in [0.3, 0.4) is 0 Å². The number of rotatable bonds is 1. The Morgan fingerprint density at radius 2 is 1.88 bits per heavy atom. The molecule has 0 saturated carbocycles. The molecular weight excluding hydrogens is 203 g/mol. The maximum Gasteiger partial charge on any atom is 0.165 e. The normalized spacial score (nSPS) is 25.9. The molecule has 1 aromatic rings. The van der Waals surface area contributed by atoms with Crippen molar-refractivity contribution in [2.45, 2.75) is 27.2 Å². The summed E-state index contributed by atoms with van der Waals surface area (Å²) in [5.74, 6) is 1.56. The van der Waals surface area contributed by atoms with Gasteiger partial charge in [0.1, 0.15) is 0 Å². The van der Waals surface area contributed by atoms with E-state index >= 15 is 0 Å². The van der Waals surface area contributed by atoms with Crippen molar-refractivity contribution in [3.05, 3.63) is 23.6 Å². The average Bonchev–Trinajstić information content (AvgIpc) is 2.20. The molecule has 2 rings (SSSR count). The molecule has 0 aliphatic carbocycles. The van der Waals surface area contributed by atoms with Crippen LogP contribution in [0.2, 0.25) is 0 Å². The Kier molecular flexibility index (Phi) is 3.13. The second-order valence-electron chi connectivity index (χ2n) is 5.11. The van der Waals surface area contributed by atoms with Gasteiger partial charge in [0.15, 0.2) is 11.6 Å². The van der Waals surface area contributed by atoms with E-state index in [1.54, 1.807) is 6.07 Å². The Balaban J connectivity index is 2.25. The SMILES string of the molecule is Cc1ccc(F)c(N2C[C@H](C)C[C@H](C)C2)n1. The topological polar surface area (TPSA) is 16.1 Å². The molecule has 0 unspecified atom stereocenters. The van der Waals surface area contributed by atoms with E-state index in [9.17, 15) is 4.39 Å². The minimum absolute atomic E-state index is 0.202. The number of nitrogens with zero attached hydrogens (tertiary/aromatic N) is 2. The highest BCUT2D eigenvalue weighted by Crippen LogP contribution is 2.26. The number of hydrogen-bond donors (Lipinski definition) is 0. The lowest BCUT2D eigenvalue weighted by Gasteiger charge is -2.36. The third-order valence-corrected chi connectivity index (χ3v) is 3.14. The molecule has 0 spiro atoms. The maximum atomic E-state index is 13.7. The lowest BCUT2D eigenvalue weighted by molar-refractivity contribution is 0.352. The van der Waals surface area contributed by atoms with Gasteiger partial charge in [-0.15, -0.1) is 0 Å². The average molecular weight is 222 g/mol. The smallest absolute Gasteiger partial charge is 0.165 e. The van der Waals surface area contributed by atoms with Crippen molar-refractivity contribution in [2.75, 3.05) is 18.0 Å². The maximum absolute atomic E-state index is 13.7. The van der Waals surface area contributed by atoms with Gasteiger partial charge in [-0.2, -0.15) is 0 Å². The zero-order valence-electron chi connectivity index (χ0n) is 10.2. The molecule has 0 N–H and O–H groups in total. The van der Waals surface area contributed by atoms with Crippen LogP contribution in [0.5, 0.6) is 0 Å². The Morgan fingerprint density at radius 1 is 1.25 bits per heavy atom. The third-order valence-electron chi connectivity index (χ3n) is 3.14. The summed E-state index contributed by atoms with van der Waals surface area (Å²) in [5, 5.41) is 0. The highest BCUT2D eigenvalue weighted by molar-refractivity contribution is 5.41. The van der Waals surface area contributed by atoms with Crippen LogP contribution in [0.1, 0.15) is 26.0 Å². The molecule has 0 aromatic carbocycles. The van der Waals surface area contributed by atoms with Crippen LogP contribution in [0.4, 0.5) is 10.2 Å². The highest BCUT2D eigenvalue weighted by Gasteiger charge is 2.24. The van der Waals surface area contributed by atoms with Crippen LogP contribution in [-0.4, -0.2) is 18.1 Å². The number of pyridine rings is 1. The second kappa shape index (κ2) is 4.40. The van der Waals surface area contributed by atoms with Crippen LogP contribution in [0.25, 0.3) is 0 Å². The molecule has 1 aliphatic rings. The van der Waals surface area contributed by atoms with Crippen LogP contribution in [-0.2, 0) is 0 Å². The standard InChI is InChI=1S/C13H19FN2/c1-9-6-10(2)8-16(7-9)13-12(14)5-4-11(3)15-13/h4-5,9-10H,6-8H2,1-3H3/t9-,10+. The number of hydrogen-bond acceptors (Lipinski definition) is 2. The van der Waals surface area contributed by atoms with Crippen molar-refractivity contribution in [3.8, 4) is 0 Å². The van der Waals surface area contributed by atoms with E-state index in [-0.39, 0.29) is 5.82 Å². The minimum atomic E-state index is -0.202. The van der Waals surface area contributed by atoms with E-state index < -0.39 is 0 Å². The molecule has 2 atom stereocenters. The first-order chi connectivity index (χ1) is 7.56. The number of piperidine rings is 1. The number of aryl methyl sites for hydroxylation is 1. The van der Waals surface area contributed by atoms with Gasteiger partial charge in [-0.1, -0.05) is 13.8 Å². The van der Waals surface area contributed by atoms with Crippen molar-refractivity contribution in [1.82, 2.24) is 4.98 Å². The Morgan fingerprint density at radius 3 is 2.50 bits per heavy atom. The Bertz CT molecular complexity index is 368. The van der Waals surface area contributed by atoms with Gasteiger partial charge in [0.2, 0.25) is 0 Å². The number of anilines is 1. The molecule has 88 valence electrons. The second-order valence-corrected chi connectivity index (χ2v) is 5.11. The van der Waals surface area contributed by atoms with Gasteiger partial charge in [0, 0.05) is 18.8 Å². The van der Waals surface area contributed by atoms with E-state index in [1.165, 1.54) is 12.5 Å². The highest BCUT2D eigenvalue weighted by atomic mass is 19.1. The van der Waals surface area contributed by atoms with E-state index in [2.05, 4.69) is 23.7 Å². The van der Waals surface area contributed by atoms with Gasteiger partial charge in [-0.3, -0.25) is 0 Å². The van der Waals surface area contributed by atoms with Crippen molar-refractivity contribution in [3.63, 3.8) is 0 Å². The molecule has 16 heavy (non-hydrogen) atoms. The van der Waals surface area contributed by atoms with Crippen molar-refractivity contribution >= 4 is 5.82 Å². The zero-order chi connectivity index (χ0) is 11.7. The van der Waals surface area contributed by atoms with Gasteiger partial charge in [0.25, 0.3) is 0 Å². The first kappa shape index (κ1) is 11.4. The predicted molar refractivity (Wildman–Crippen MR) is 64.1 cm³/mol. The fourth-order valence-electron chi connectivity index (χ4n) is 2.58. The fraction of sp³-hybridized carbons (Fsp3) is 0.615. The first-order valence-electron chi connectivity index (χ1n) is 5.94. The Labute approximate surface area is 96.5 Å². The van der Waals surface area contributed by atoms with Gasteiger partial charge < -0.3 is 4.90 Å². The minimum Gasteiger partial charge on any atom is -0.354 e. The lowest BCUT2D eigenvalue weighted by atomic mass is 9.92. The third kappa shape index (κ3) is 2.34. The summed E-state index contributed by atoms with van der Waals surface area (Å²) >= 11 is 0. The molecule has 1 aromatic heterocycles. The van der Waals surface area contributed by atoms with Gasteiger partial charge in [0.05, 0.1) is 0 Å². The van der Waals surface area contributed by atoms with Gasteiger partial charge in [-0.25, -0.2) is 9.37 Å². The molecule has 1 aliphatic heterocycles. The summed E-state index contributed by atoms with van der Waals surface area (Å²) in [5.41, 5.74) is 0.877. The van der Waals surface area contributed by atoms with Gasteiger partial charge in [-0.05, 0) is 37.3 Å². The summed E-state index contributed by atoms with van der Waals surface area (Å²) in [7, 11) is 0. The van der Waals surface area contributed by atoms with Crippen LogP contribution in [0.15, 0.2) is 12.1 Å². The molecule has 1 fully saturated rings. The summed E-state index contributed by atoms with van der Waals surface area (Å²) < 4.78 is 13.7. The molecule has 0 amide bonds. The van der Waals surface area contributed by atoms with Crippen molar-refractivity contribution in [2.24, 2.45) is 11.8 Å². The van der Waals surface area contributed by atoms with E-state index in [1.807, 2.05) is 6.92 Å². The van der Waals surface area contributed by atoms with E-state index in [0.29, 0.717) is 17.7 Å². The molecular formula is C13H19FN2. The van der Waals surface area contributed by atoms with Crippen molar-refractivity contribution in [1.29, 1.82) is 0 Å². The monoisotopic (exact) mass is 222 g/mol. The lowest BCUT2D eigenvalue weighted by Crippen LogP contribution is -2.39.